The molecule has 0 radical (unpaired) electrons. The van der Waals surface area contributed by atoms with Gasteiger partial charge in [0.15, 0.2) is 0 Å². The normalized spacial score (nSPS) is 26.1. The average Bonchev–Trinajstić information content (AvgIpc) is 2.45. The number of rotatable bonds is 2. The lowest BCUT2D eigenvalue weighted by atomic mass is 9.97. The predicted molar refractivity (Wildman–Crippen MR) is 63.9 cm³/mol. The van der Waals surface area contributed by atoms with Crippen molar-refractivity contribution in [3.05, 3.63) is 24.3 Å². The molecular weight excluding hydrogens is 203 g/mol. The molecule has 2 unspecified atom stereocenters. The Labute approximate surface area is 96.3 Å². The molecule has 2 nitrogen and oxygen atoms in total. The number of pyridine rings is 1. The number of halogens is 1. The molecule has 2 rings (SSSR count). The summed E-state index contributed by atoms with van der Waals surface area (Å²) in [6.07, 6.45) is 7.89. The predicted octanol–water partition coefficient (Wildman–Crippen LogP) is 3.60. The molecule has 1 aromatic rings. The smallest absolute Gasteiger partial charge is 0.214 e. The lowest BCUT2D eigenvalue weighted by molar-refractivity contribution is 0.456. The van der Waals surface area contributed by atoms with E-state index in [0.29, 0.717) is 12.0 Å². The Morgan fingerprint density at radius 1 is 1.31 bits per heavy atom. The Bertz CT molecular complexity index is 340. The molecule has 1 aliphatic carbocycles. The highest BCUT2D eigenvalue weighted by atomic mass is 19.1. The minimum Gasteiger partial charge on any atom is -0.382 e. The van der Waals surface area contributed by atoms with Crippen molar-refractivity contribution in [3.63, 3.8) is 0 Å². The van der Waals surface area contributed by atoms with E-state index < -0.39 is 5.95 Å². The van der Waals surface area contributed by atoms with Crippen molar-refractivity contribution in [1.82, 2.24) is 4.98 Å². The third kappa shape index (κ3) is 2.94. The molecule has 1 heterocycles. The van der Waals surface area contributed by atoms with Crippen LogP contribution in [0.2, 0.25) is 0 Å². The molecule has 0 aromatic carbocycles. The van der Waals surface area contributed by atoms with Crippen LogP contribution in [0.1, 0.15) is 39.0 Å². The van der Waals surface area contributed by atoms with Crippen LogP contribution in [0.25, 0.3) is 0 Å². The van der Waals surface area contributed by atoms with Gasteiger partial charge in [-0.25, -0.2) is 4.98 Å². The summed E-state index contributed by atoms with van der Waals surface area (Å²) >= 11 is 0. The van der Waals surface area contributed by atoms with Gasteiger partial charge in [-0.05, 0) is 24.8 Å². The number of nitrogens with zero attached hydrogens (tertiary/aromatic N) is 1. The fourth-order valence-corrected chi connectivity index (χ4v) is 2.41. The van der Waals surface area contributed by atoms with Crippen molar-refractivity contribution in [3.8, 4) is 0 Å². The average molecular weight is 222 g/mol. The lowest BCUT2D eigenvalue weighted by Crippen LogP contribution is -2.26. The summed E-state index contributed by atoms with van der Waals surface area (Å²) in [5.41, 5.74) is 0.853. The summed E-state index contributed by atoms with van der Waals surface area (Å²) in [6, 6.07) is 3.78. The first-order valence-corrected chi connectivity index (χ1v) is 6.14. The van der Waals surface area contributed by atoms with Crippen LogP contribution in [0, 0.1) is 11.9 Å². The Morgan fingerprint density at radius 3 is 2.94 bits per heavy atom. The number of hydrogen-bond acceptors (Lipinski definition) is 2. The van der Waals surface area contributed by atoms with E-state index in [1.807, 2.05) is 6.07 Å². The third-order valence-corrected chi connectivity index (χ3v) is 3.44. The zero-order valence-electron chi connectivity index (χ0n) is 9.75. The quantitative estimate of drug-likeness (QED) is 0.611. The van der Waals surface area contributed by atoms with E-state index in [9.17, 15) is 4.39 Å². The first-order valence-electron chi connectivity index (χ1n) is 6.14. The molecule has 16 heavy (non-hydrogen) atoms. The molecule has 0 bridgehead atoms. The van der Waals surface area contributed by atoms with Gasteiger partial charge in [-0.2, -0.15) is 4.39 Å². The largest absolute Gasteiger partial charge is 0.382 e. The van der Waals surface area contributed by atoms with Gasteiger partial charge in [0.25, 0.3) is 0 Å². The maximum absolute atomic E-state index is 12.9. The van der Waals surface area contributed by atoms with Crippen molar-refractivity contribution in [2.45, 2.75) is 45.1 Å². The molecule has 1 aromatic heterocycles. The standard InChI is InChI=1S/C13H19FN2/c1-10-5-3-2-4-6-12(10)16-11-7-8-15-13(14)9-11/h7-10,12H,2-6H2,1H3,(H,15,16). The Morgan fingerprint density at radius 2 is 2.12 bits per heavy atom. The van der Waals surface area contributed by atoms with Gasteiger partial charge in [-0.1, -0.05) is 26.2 Å². The summed E-state index contributed by atoms with van der Waals surface area (Å²) in [4.78, 5) is 3.56. The monoisotopic (exact) mass is 222 g/mol. The highest BCUT2D eigenvalue weighted by molar-refractivity contribution is 5.42. The third-order valence-electron chi connectivity index (χ3n) is 3.44. The maximum atomic E-state index is 12.9. The summed E-state index contributed by atoms with van der Waals surface area (Å²) in [6.45, 7) is 2.28. The lowest BCUT2D eigenvalue weighted by Gasteiger charge is -2.23. The van der Waals surface area contributed by atoms with Crippen LogP contribution in [-0.4, -0.2) is 11.0 Å². The second-order valence-electron chi connectivity index (χ2n) is 4.73. The molecular formula is C13H19FN2. The van der Waals surface area contributed by atoms with Crippen LogP contribution in [0.3, 0.4) is 0 Å². The van der Waals surface area contributed by atoms with Crippen LogP contribution in [-0.2, 0) is 0 Å². The highest BCUT2D eigenvalue weighted by Gasteiger charge is 2.19. The van der Waals surface area contributed by atoms with E-state index in [1.165, 1.54) is 44.4 Å². The summed E-state index contributed by atoms with van der Waals surface area (Å²) < 4.78 is 12.9. The van der Waals surface area contributed by atoms with E-state index in [0.717, 1.165) is 5.69 Å². The van der Waals surface area contributed by atoms with Gasteiger partial charge in [-0.3, -0.25) is 0 Å². The van der Waals surface area contributed by atoms with Crippen molar-refractivity contribution in [1.29, 1.82) is 0 Å². The van der Waals surface area contributed by atoms with Gasteiger partial charge in [0, 0.05) is 24.0 Å². The molecule has 1 N–H and O–H groups in total. The Kier molecular flexibility index (Phi) is 3.75. The molecule has 1 fully saturated rings. The minimum atomic E-state index is -0.411. The summed E-state index contributed by atoms with van der Waals surface area (Å²) in [5, 5.41) is 3.43. The number of anilines is 1. The van der Waals surface area contributed by atoms with Gasteiger partial charge in [-0.15, -0.1) is 0 Å². The highest BCUT2D eigenvalue weighted by Crippen LogP contribution is 2.25. The Hall–Kier alpha value is -1.12. The maximum Gasteiger partial charge on any atom is 0.214 e. The van der Waals surface area contributed by atoms with E-state index in [2.05, 4.69) is 17.2 Å². The second kappa shape index (κ2) is 5.28. The van der Waals surface area contributed by atoms with Crippen LogP contribution >= 0.6 is 0 Å². The van der Waals surface area contributed by atoms with Gasteiger partial charge in [0.05, 0.1) is 0 Å². The molecule has 2 atom stereocenters. The fourth-order valence-electron chi connectivity index (χ4n) is 2.41. The minimum absolute atomic E-state index is 0.411. The van der Waals surface area contributed by atoms with Crippen LogP contribution in [0.15, 0.2) is 18.3 Å². The molecule has 0 amide bonds. The molecule has 0 aliphatic heterocycles. The number of hydrogen-bond donors (Lipinski definition) is 1. The molecule has 3 heteroatoms. The van der Waals surface area contributed by atoms with Crippen molar-refractivity contribution in [2.75, 3.05) is 5.32 Å². The van der Waals surface area contributed by atoms with Crippen LogP contribution < -0.4 is 5.32 Å². The summed E-state index contributed by atoms with van der Waals surface area (Å²) in [7, 11) is 0. The van der Waals surface area contributed by atoms with Gasteiger partial charge >= 0.3 is 0 Å². The van der Waals surface area contributed by atoms with Crippen molar-refractivity contribution in [2.24, 2.45) is 5.92 Å². The van der Waals surface area contributed by atoms with Crippen LogP contribution in [0.4, 0.5) is 10.1 Å². The number of aromatic nitrogens is 1. The SMILES string of the molecule is CC1CCCCCC1Nc1ccnc(F)c1. The zero-order chi connectivity index (χ0) is 11.4. The fraction of sp³-hybridized carbons (Fsp3) is 0.615. The molecule has 1 saturated carbocycles. The van der Waals surface area contributed by atoms with Crippen molar-refractivity contribution >= 4 is 5.69 Å². The van der Waals surface area contributed by atoms with Gasteiger partial charge < -0.3 is 5.32 Å². The van der Waals surface area contributed by atoms with E-state index in [4.69, 9.17) is 0 Å². The zero-order valence-corrected chi connectivity index (χ0v) is 9.75. The van der Waals surface area contributed by atoms with Gasteiger partial charge in [0.2, 0.25) is 5.95 Å². The first-order chi connectivity index (χ1) is 7.75. The van der Waals surface area contributed by atoms with E-state index in [1.54, 1.807) is 0 Å². The topological polar surface area (TPSA) is 24.9 Å². The van der Waals surface area contributed by atoms with Gasteiger partial charge in [0.1, 0.15) is 0 Å². The van der Waals surface area contributed by atoms with E-state index >= 15 is 0 Å². The Balaban J connectivity index is 2.02. The molecule has 0 spiro atoms. The molecule has 1 aliphatic rings. The summed E-state index contributed by atoms with van der Waals surface area (Å²) in [5.74, 6) is 0.255. The van der Waals surface area contributed by atoms with Crippen LogP contribution in [0.5, 0.6) is 0 Å². The first kappa shape index (κ1) is 11.4. The number of nitrogens with one attached hydrogen (secondary N) is 1. The van der Waals surface area contributed by atoms with Crippen molar-refractivity contribution < 1.29 is 4.39 Å². The van der Waals surface area contributed by atoms with E-state index in [-0.39, 0.29) is 0 Å². The molecule has 0 saturated heterocycles. The second-order valence-corrected chi connectivity index (χ2v) is 4.73. The molecule has 88 valence electrons.